The molecule has 1 heterocycles. The van der Waals surface area contributed by atoms with Crippen molar-refractivity contribution in [2.24, 2.45) is 0 Å². The third-order valence-corrected chi connectivity index (χ3v) is 3.39. The molecule has 22 heavy (non-hydrogen) atoms. The highest BCUT2D eigenvalue weighted by Gasteiger charge is 2.08. The number of hydrogen-bond acceptors (Lipinski definition) is 2. The highest BCUT2D eigenvalue weighted by Crippen LogP contribution is 2.20. The molecule has 0 aliphatic carbocycles. The smallest absolute Gasteiger partial charge is 0.255 e. The topological polar surface area (TPSA) is 62.0 Å². The molecule has 3 aromatic rings. The summed E-state index contributed by atoms with van der Waals surface area (Å²) in [7, 11) is 0. The SMILES string of the molecule is Cc1cc(=O)[nH]c2ccc(NC(=O)c3cccc(F)c3)cc12. The van der Waals surface area contributed by atoms with Gasteiger partial charge in [0.05, 0.1) is 0 Å². The molecule has 0 saturated heterocycles. The van der Waals surface area contributed by atoms with Crippen LogP contribution in [0.15, 0.2) is 53.3 Å². The van der Waals surface area contributed by atoms with Gasteiger partial charge in [-0.3, -0.25) is 9.59 Å². The van der Waals surface area contributed by atoms with Gasteiger partial charge in [-0.2, -0.15) is 0 Å². The number of aryl methyl sites for hydroxylation is 1. The molecule has 1 aromatic heterocycles. The number of carbonyl (C=O) groups is 1. The average Bonchev–Trinajstić information content (AvgIpc) is 2.48. The van der Waals surface area contributed by atoms with Crippen LogP contribution in [0.4, 0.5) is 10.1 Å². The van der Waals surface area contributed by atoms with E-state index in [-0.39, 0.29) is 17.0 Å². The van der Waals surface area contributed by atoms with Gasteiger partial charge in [0.25, 0.3) is 5.91 Å². The van der Waals surface area contributed by atoms with Gasteiger partial charge in [0, 0.05) is 28.2 Å². The van der Waals surface area contributed by atoms with Crippen LogP contribution in [-0.2, 0) is 0 Å². The Kier molecular flexibility index (Phi) is 3.47. The summed E-state index contributed by atoms with van der Waals surface area (Å²) in [6, 6.07) is 12.2. The molecule has 0 atom stereocenters. The van der Waals surface area contributed by atoms with E-state index in [0.29, 0.717) is 11.2 Å². The maximum atomic E-state index is 13.2. The Morgan fingerprint density at radius 2 is 1.95 bits per heavy atom. The second kappa shape index (κ2) is 5.44. The van der Waals surface area contributed by atoms with Gasteiger partial charge in [-0.15, -0.1) is 0 Å². The minimum absolute atomic E-state index is 0.165. The molecule has 0 bridgehead atoms. The lowest BCUT2D eigenvalue weighted by atomic mass is 10.1. The molecule has 1 amide bonds. The summed E-state index contributed by atoms with van der Waals surface area (Å²) < 4.78 is 13.2. The molecule has 0 aliphatic heterocycles. The van der Waals surface area contributed by atoms with E-state index in [9.17, 15) is 14.0 Å². The van der Waals surface area contributed by atoms with Crippen molar-refractivity contribution in [3.63, 3.8) is 0 Å². The summed E-state index contributed by atoms with van der Waals surface area (Å²) in [4.78, 5) is 26.3. The van der Waals surface area contributed by atoms with Crippen LogP contribution in [0, 0.1) is 12.7 Å². The quantitative estimate of drug-likeness (QED) is 0.762. The monoisotopic (exact) mass is 296 g/mol. The van der Waals surface area contributed by atoms with E-state index < -0.39 is 5.82 Å². The van der Waals surface area contributed by atoms with Gasteiger partial charge in [-0.25, -0.2) is 4.39 Å². The van der Waals surface area contributed by atoms with E-state index in [1.165, 1.54) is 24.3 Å². The largest absolute Gasteiger partial charge is 0.322 e. The van der Waals surface area contributed by atoms with Crippen LogP contribution in [0.25, 0.3) is 10.9 Å². The molecule has 0 radical (unpaired) electrons. The van der Waals surface area contributed by atoms with Crippen LogP contribution in [0.3, 0.4) is 0 Å². The molecule has 3 rings (SSSR count). The van der Waals surface area contributed by atoms with Crippen molar-refractivity contribution in [2.75, 3.05) is 5.32 Å². The third kappa shape index (κ3) is 2.74. The predicted molar refractivity (Wildman–Crippen MR) is 83.7 cm³/mol. The second-order valence-corrected chi connectivity index (χ2v) is 5.04. The second-order valence-electron chi connectivity index (χ2n) is 5.04. The van der Waals surface area contributed by atoms with E-state index >= 15 is 0 Å². The number of nitrogens with one attached hydrogen (secondary N) is 2. The Bertz CT molecular complexity index is 931. The van der Waals surface area contributed by atoms with E-state index in [1.807, 2.05) is 6.92 Å². The maximum Gasteiger partial charge on any atom is 0.255 e. The summed E-state index contributed by atoms with van der Waals surface area (Å²) >= 11 is 0. The van der Waals surface area contributed by atoms with Gasteiger partial charge < -0.3 is 10.3 Å². The lowest BCUT2D eigenvalue weighted by molar-refractivity contribution is 0.102. The fourth-order valence-electron chi connectivity index (χ4n) is 2.33. The molecule has 0 fully saturated rings. The molecule has 0 unspecified atom stereocenters. The van der Waals surface area contributed by atoms with Crippen LogP contribution in [0.5, 0.6) is 0 Å². The number of halogens is 1. The summed E-state index contributed by atoms with van der Waals surface area (Å²) in [5, 5.41) is 3.57. The van der Waals surface area contributed by atoms with Gasteiger partial charge in [0.15, 0.2) is 0 Å². The van der Waals surface area contributed by atoms with Crippen molar-refractivity contribution in [3.8, 4) is 0 Å². The number of amides is 1. The first-order valence-electron chi connectivity index (χ1n) is 6.73. The fraction of sp³-hybridized carbons (Fsp3) is 0.0588. The Balaban J connectivity index is 1.94. The molecule has 110 valence electrons. The number of rotatable bonds is 2. The molecular weight excluding hydrogens is 283 g/mol. The van der Waals surface area contributed by atoms with Crippen LogP contribution < -0.4 is 10.9 Å². The van der Waals surface area contributed by atoms with Crippen LogP contribution in [-0.4, -0.2) is 10.9 Å². The van der Waals surface area contributed by atoms with Gasteiger partial charge in [-0.05, 0) is 48.9 Å². The number of aromatic amines is 1. The number of anilines is 1. The Morgan fingerprint density at radius 1 is 1.14 bits per heavy atom. The molecule has 0 spiro atoms. The lowest BCUT2D eigenvalue weighted by Gasteiger charge is -2.08. The molecule has 2 aromatic carbocycles. The number of carbonyl (C=O) groups excluding carboxylic acids is 1. The Labute approximate surface area is 125 Å². The fourth-order valence-corrected chi connectivity index (χ4v) is 2.33. The molecule has 2 N–H and O–H groups in total. The standard InChI is InChI=1S/C17H13FN2O2/c1-10-7-16(21)20-15-6-5-13(9-14(10)15)19-17(22)11-3-2-4-12(18)8-11/h2-9H,1H3,(H,19,22)(H,20,21). The predicted octanol–water partition coefficient (Wildman–Crippen LogP) is 3.23. The van der Waals surface area contributed by atoms with Crippen molar-refractivity contribution < 1.29 is 9.18 Å². The zero-order valence-electron chi connectivity index (χ0n) is 11.8. The third-order valence-electron chi connectivity index (χ3n) is 3.39. The normalized spacial score (nSPS) is 10.6. The lowest BCUT2D eigenvalue weighted by Crippen LogP contribution is -2.12. The van der Waals surface area contributed by atoms with Crippen molar-refractivity contribution in [1.29, 1.82) is 0 Å². The van der Waals surface area contributed by atoms with Gasteiger partial charge in [0.2, 0.25) is 5.56 Å². The number of fused-ring (bicyclic) bond motifs is 1. The van der Waals surface area contributed by atoms with Gasteiger partial charge in [0.1, 0.15) is 5.82 Å². The Morgan fingerprint density at radius 3 is 2.73 bits per heavy atom. The zero-order chi connectivity index (χ0) is 15.7. The van der Waals surface area contributed by atoms with Crippen LogP contribution in [0.1, 0.15) is 15.9 Å². The van der Waals surface area contributed by atoms with E-state index in [0.717, 1.165) is 10.9 Å². The molecule has 0 aliphatic rings. The van der Waals surface area contributed by atoms with Crippen LogP contribution >= 0.6 is 0 Å². The van der Waals surface area contributed by atoms with Crippen molar-refractivity contribution in [1.82, 2.24) is 4.98 Å². The highest BCUT2D eigenvalue weighted by atomic mass is 19.1. The Hall–Kier alpha value is -2.95. The molecular formula is C17H13FN2O2. The first-order chi connectivity index (χ1) is 10.5. The average molecular weight is 296 g/mol. The van der Waals surface area contributed by atoms with E-state index in [2.05, 4.69) is 10.3 Å². The van der Waals surface area contributed by atoms with Gasteiger partial charge >= 0.3 is 0 Å². The first-order valence-corrected chi connectivity index (χ1v) is 6.73. The minimum Gasteiger partial charge on any atom is -0.322 e. The summed E-state index contributed by atoms with van der Waals surface area (Å²) in [5.41, 5.74) is 2.19. The molecule has 4 nitrogen and oxygen atoms in total. The summed E-state index contributed by atoms with van der Waals surface area (Å²) in [5.74, 6) is -0.847. The maximum absolute atomic E-state index is 13.2. The molecule has 0 saturated carbocycles. The van der Waals surface area contributed by atoms with Crippen molar-refractivity contribution >= 4 is 22.5 Å². The number of hydrogen-bond donors (Lipinski definition) is 2. The summed E-state index contributed by atoms with van der Waals surface area (Å²) in [6.45, 7) is 1.83. The zero-order valence-corrected chi connectivity index (χ0v) is 11.8. The van der Waals surface area contributed by atoms with Crippen molar-refractivity contribution in [2.45, 2.75) is 6.92 Å². The van der Waals surface area contributed by atoms with E-state index in [1.54, 1.807) is 24.3 Å². The van der Waals surface area contributed by atoms with Crippen molar-refractivity contribution in [3.05, 3.63) is 75.8 Å². The number of aromatic nitrogens is 1. The van der Waals surface area contributed by atoms with Gasteiger partial charge in [-0.1, -0.05) is 6.07 Å². The minimum atomic E-state index is -0.459. The van der Waals surface area contributed by atoms with E-state index in [4.69, 9.17) is 0 Å². The number of H-pyrrole nitrogens is 1. The highest BCUT2D eigenvalue weighted by molar-refractivity contribution is 6.05. The number of pyridine rings is 1. The summed E-state index contributed by atoms with van der Waals surface area (Å²) in [6.07, 6.45) is 0. The molecule has 5 heteroatoms. The number of benzene rings is 2. The first kappa shape index (κ1) is 14.0. The van der Waals surface area contributed by atoms with Crippen LogP contribution in [0.2, 0.25) is 0 Å².